The highest BCUT2D eigenvalue weighted by Crippen LogP contribution is 2.13. The molecular weight excluding hydrogens is 298 g/mol. The molecule has 0 saturated heterocycles. The number of aromatic nitrogens is 2. The smallest absolute Gasteiger partial charge is 0.225 e. The Morgan fingerprint density at radius 1 is 0.833 bits per heavy atom. The van der Waals surface area contributed by atoms with Crippen LogP contribution in [-0.4, -0.2) is 15.9 Å². The number of anilines is 1. The summed E-state index contributed by atoms with van der Waals surface area (Å²) in [4.78, 5) is 19.7. The summed E-state index contributed by atoms with van der Waals surface area (Å²) in [5.41, 5.74) is 0. The van der Waals surface area contributed by atoms with Crippen LogP contribution in [0.25, 0.3) is 0 Å². The quantitative estimate of drug-likeness (QED) is 0.407. The van der Waals surface area contributed by atoms with Crippen LogP contribution < -0.4 is 5.32 Å². The van der Waals surface area contributed by atoms with E-state index in [2.05, 4.69) is 22.2 Å². The van der Waals surface area contributed by atoms with Crippen LogP contribution in [0.1, 0.15) is 96.8 Å². The van der Waals surface area contributed by atoms with Crippen LogP contribution in [0, 0.1) is 0 Å². The van der Waals surface area contributed by atoms with Crippen LogP contribution in [0.2, 0.25) is 0 Å². The molecule has 136 valence electrons. The fraction of sp³-hybridized carbons (Fsp3) is 0.750. The van der Waals surface area contributed by atoms with Gasteiger partial charge in [0, 0.05) is 18.8 Å². The Hall–Kier alpha value is -1.45. The summed E-state index contributed by atoms with van der Waals surface area (Å²) in [6.45, 7) is 2.27. The first-order valence-electron chi connectivity index (χ1n) is 9.88. The molecule has 0 aliphatic heterocycles. The first kappa shape index (κ1) is 20.6. The topological polar surface area (TPSA) is 54.9 Å². The monoisotopic (exact) mass is 333 g/mol. The maximum Gasteiger partial charge on any atom is 0.225 e. The van der Waals surface area contributed by atoms with Crippen molar-refractivity contribution in [2.75, 3.05) is 5.32 Å². The van der Waals surface area contributed by atoms with Gasteiger partial charge in [-0.2, -0.15) is 0 Å². The molecule has 0 fully saturated rings. The second-order valence-electron chi connectivity index (χ2n) is 6.63. The lowest BCUT2D eigenvalue weighted by atomic mass is 10.0. The lowest BCUT2D eigenvalue weighted by molar-refractivity contribution is -0.116. The maximum absolute atomic E-state index is 11.7. The van der Waals surface area contributed by atoms with Crippen molar-refractivity contribution in [3.63, 3.8) is 0 Å². The van der Waals surface area contributed by atoms with Crippen molar-refractivity contribution in [1.29, 1.82) is 0 Å². The van der Waals surface area contributed by atoms with Gasteiger partial charge in [0.2, 0.25) is 5.91 Å². The van der Waals surface area contributed by atoms with Gasteiger partial charge in [-0.3, -0.25) is 9.78 Å². The number of amides is 1. The van der Waals surface area contributed by atoms with E-state index < -0.39 is 0 Å². The zero-order valence-electron chi connectivity index (χ0n) is 15.4. The minimum atomic E-state index is 0.0403. The van der Waals surface area contributed by atoms with Crippen molar-refractivity contribution in [3.8, 4) is 0 Å². The number of hydrogen-bond donors (Lipinski definition) is 1. The number of carbonyl (C=O) groups is 1. The second kappa shape index (κ2) is 15.1. The number of unbranched alkanes of at least 4 members (excludes halogenated alkanes) is 12. The van der Waals surface area contributed by atoms with Gasteiger partial charge in [-0.05, 0) is 6.42 Å². The van der Waals surface area contributed by atoms with Crippen molar-refractivity contribution in [2.45, 2.75) is 96.8 Å². The molecule has 0 aliphatic rings. The summed E-state index contributed by atoms with van der Waals surface area (Å²) < 4.78 is 0. The first-order valence-corrected chi connectivity index (χ1v) is 9.88. The van der Waals surface area contributed by atoms with E-state index in [4.69, 9.17) is 0 Å². The molecule has 0 bridgehead atoms. The Bertz CT molecular complexity index is 409. The summed E-state index contributed by atoms with van der Waals surface area (Å²) in [5, 5.41) is 2.77. The van der Waals surface area contributed by atoms with Gasteiger partial charge in [-0.25, -0.2) is 4.98 Å². The molecule has 1 amide bonds. The van der Waals surface area contributed by atoms with Gasteiger partial charge in [0.1, 0.15) is 0 Å². The van der Waals surface area contributed by atoms with Gasteiger partial charge >= 0.3 is 0 Å². The van der Waals surface area contributed by atoms with Crippen LogP contribution in [0.3, 0.4) is 0 Å². The van der Waals surface area contributed by atoms with Crippen molar-refractivity contribution in [1.82, 2.24) is 9.97 Å². The van der Waals surface area contributed by atoms with E-state index in [1.807, 2.05) is 0 Å². The summed E-state index contributed by atoms with van der Waals surface area (Å²) in [5.74, 6) is 0.579. The molecule has 1 rings (SSSR count). The molecule has 1 aromatic rings. The van der Waals surface area contributed by atoms with Crippen LogP contribution in [-0.2, 0) is 4.79 Å². The molecule has 4 heteroatoms. The Morgan fingerprint density at radius 3 is 1.88 bits per heavy atom. The SMILES string of the molecule is CCCCCCCCCCCCCCCC(=O)Nc1cnccn1. The van der Waals surface area contributed by atoms with Gasteiger partial charge in [0.05, 0.1) is 6.20 Å². The number of carbonyl (C=O) groups excluding carboxylic acids is 1. The van der Waals surface area contributed by atoms with Crippen molar-refractivity contribution in [3.05, 3.63) is 18.6 Å². The lowest BCUT2D eigenvalue weighted by Crippen LogP contribution is -2.12. The van der Waals surface area contributed by atoms with E-state index in [0.29, 0.717) is 12.2 Å². The lowest BCUT2D eigenvalue weighted by Gasteiger charge is -2.04. The minimum absolute atomic E-state index is 0.0403. The van der Waals surface area contributed by atoms with E-state index in [-0.39, 0.29) is 5.91 Å². The maximum atomic E-state index is 11.7. The number of nitrogens with one attached hydrogen (secondary N) is 1. The van der Waals surface area contributed by atoms with E-state index in [1.165, 1.54) is 70.6 Å². The van der Waals surface area contributed by atoms with Crippen molar-refractivity contribution >= 4 is 11.7 Å². The highest BCUT2D eigenvalue weighted by Gasteiger charge is 2.02. The molecule has 0 aromatic carbocycles. The Balaban J connectivity index is 1.81. The molecular formula is C20H35N3O. The molecule has 0 spiro atoms. The van der Waals surface area contributed by atoms with Crippen LogP contribution in [0.5, 0.6) is 0 Å². The first-order chi connectivity index (χ1) is 11.8. The van der Waals surface area contributed by atoms with Crippen LogP contribution in [0.15, 0.2) is 18.6 Å². The van der Waals surface area contributed by atoms with Crippen LogP contribution >= 0.6 is 0 Å². The summed E-state index contributed by atoms with van der Waals surface area (Å²) in [6, 6.07) is 0. The largest absolute Gasteiger partial charge is 0.309 e. The third-order valence-corrected chi connectivity index (χ3v) is 4.34. The molecule has 0 unspecified atom stereocenters. The number of rotatable bonds is 15. The molecule has 1 heterocycles. The van der Waals surface area contributed by atoms with Gasteiger partial charge in [0.15, 0.2) is 5.82 Å². The fourth-order valence-corrected chi connectivity index (χ4v) is 2.87. The normalized spacial score (nSPS) is 10.7. The van der Waals surface area contributed by atoms with E-state index in [0.717, 1.165) is 12.8 Å². The molecule has 0 aliphatic carbocycles. The molecule has 1 aromatic heterocycles. The summed E-state index contributed by atoms with van der Waals surface area (Å²) in [7, 11) is 0. The van der Waals surface area contributed by atoms with E-state index in [9.17, 15) is 4.79 Å². The van der Waals surface area contributed by atoms with Crippen LogP contribution in [0.4, 0.5) is 5.82 Å². The predicted octanol–water partition coefficient (Wildman–Crippen LogP) is 5.90. The molecule has 1 N–H and O–H groups in total. The summed E-state index contributed by atoms with van der Waals surface area (Å²) in [6.07, 6.45) is 22.5. The van der Waals surface area contributed by atoms with Gasteiger partial charge in [0.25, 0.3) is 0 Å². The zero-order chi connectivity index (χ0) is 17.3. The number of hydrogen-bond acceptors (Lipinski definition) is 3. The second-order valence-corrected chi connectivity index (χ2v) is 6.63. The molecule has 0 saturated carbocycles. The molecule has 0 radical (unpaired) electrons. The number of nitrogens with zero attached hydrogens (tertiary/aromatic N) is 2. The Kier molecular flexibility index (Phi) is 13.0. The Labute approximate surface area is 147 Å². The molecule has 4 nitrogen and oxygen atoms in total. The highest BCUT2D eigenvalue weighted by atomic mass is 16.1. The summed E-state index contributed by atoms with van der Waals surface area (Å²) >= 11 is 0. The van der Waals surface area contributed by atoms with Gasteiger partial charge in [-0.1, -0.05) is 84.0 Å². The average Bonchev–Trinajstić information content (AvgIpc) is 2.60. The average molecular weight is 334 g/mol. The van der Waals surface area contributed by atoms with Gasteiger partial charge in [-0.15, -0.1) is 0 Å². The standard InChI is InChI=1S/C20H35N3O/c1-2-3-4-5-6-7-8-9-10-11-12-13-14-15-20(24)23-19-18-21-16-17-22-19/h16-18H,2-15H2,1H3,(H,22,23,24). The zero-order valence-corrected chi connectivity index (χ0v) is 15.4. The van der Waals surface area contributed by atoms with Crippen molar-refractivity contribution in [2.24, 2.45) is 0 Å². The van der Waals surface area contributed by atoms with E-state index in [1.54, 1.807) is 18.6 Å². The Morgan fingerprint density at radius 2 is 1.38 bits per heavy atom. The molecule has 0 atom stereocenters. The molecule has 24 heavy (non-hydrogen) atoms. The van der Waals surface area contributed by atoms with E-state index >= 15 is 0 Å². The third-order valence-electron chi connectivity index (χ3n) is 4.34. The minimum Gasteiger partial charge on any atom is -0.309 e. The van der Waals surface area contributed by atoms with Gasteiger partial charge < -0.3 is 5.32 Å². The predicted molar refractivity (Wildman–Crippen MR) is 101 cm³/mol. The third kappa shape index (κ3) is 12.0. The van der Waals surface area contributed by atoms with Crippen molar-refractivity contribution < 1.29 is 4.79 Å². The fourth-order valence-electron chi connectivity index (χ4n) is 2.87. The highest BCUT2D eigenvalue weighted by molar-refractivity contribution is 5.89.